The number of carbonyl (C=O) groups is 1. The van der Waals surface area contributed by atoms with E-state index in [0.29, 0.717) is 11.3 Å². The summed E-state index contributed by atoms with van der Waals surface area (Å²) in [6.07, 6.45) is 5.88. The van der Waals surface area contributed by atoms with Gasteiger partial charge in [-0.25, -0.2) is 13.4 Å². The first-order chi connectivity index (χ1) is 12.3. The largest absolute Gasteiger partial charge is 0.474 e. The van der Waals surface area contributed by atoms with Crippen molar-refractivity contribution >= 4 is 15.7 Å². The molecule has 1 saturated heterocycles. The Kier molecular flexibility index (Phi) is 5.23. The molecule has 0 aromatic carbocycles. The maximum absolute atomic E-state index is 11.8. The van der Waals surface area contributed by atoms with Crippen LogP contribution < -0.4 is 15.8 Å². The quantitative estimate of drug-likeness (QED) is 0.732. The van der Waals surface area contributed by atoms with Crippen LogP contribution >= 0.6 is 0 Å². The second-order valence-corrected chi connectivity index (χ2v) is 8.41. The van der Waals surface area contributed by atoms with Crippen LogP contribution in [-0.4, -0.2) is 54.5 Å². The van der Waals surface area contributed by atoms with Crippen LogP contribution in [0.25, 0.3) is 11.3 Å². The summed E-state index contributed by atoms with van der Waals surface area (Å²) in [6, 6.07) is 3.22. The summed E-state index contributed by atoms with van der Waals surface area (Å²) in [5, 5.41) is 7.45. The summed E-state index contributed by atoms with van der Waals surface area (Å²) in [5.41, 5.74) is 6.71. The van der Waals surface area contributed by atoms with Gasteiger partial charge in [0.1, 0.15) is 17.5 Å². The van der Waals surface area contributed by atoms with Crippen molar-refractivity contribution in [3.63, 3.8) is 0 Å². The van der Waals surface area contributed by atoms with Gasteiger partial charge in [-0.2, -0.15) is 5.10 Å². The minimum Gasteiger partial charge on any atom is -0.474 e. The van der Waals surface area contributed by atoms with E-state index in [1.807, 2.05) is 0 Å². The SMILES string of the molecule is CS(=O)(=O)Cn1ccc(-c2cnc(OC3CCNCC3)c(C(N)=O)c2)n1. The lowest BCUT2D eigenvalue weighted by atomic mass is 10.1. The van der Waals surface area contributed by atoms with Gasteiger partial charge in [-0.15, -0.1) is 0 Å². The van der Waals surface area contributed by atoms with Crippen LogP contribution in [0, 0.1) is 0 Å². The molecule has 1 aliphatic rings. The first-order valence-electron chi connectivity index (χ1n) is 8.20. The van der Waals surface area contributed by atoms with Crippen molar-refractivity contribution in [2.24, 2.45) is 5.73 Å². The number of piperidine rings is 1. The third-order valence-corrected chi connectivity index (χ3v) is 4.72. The predicted octanol–water partition coefficient (Wildman–Crippen LogP) is 0.177. The fraction of sp³-hybridized carbons (Fsp3) is 0.438. The fourth-order valence-electron chi connectivity index (χ4n) is 2.76. The number of sulfone groups is 1. The normalized spacial score (nSPS) is 15.7. The second-order valence-electron chi connectivity index (χ2n) is 6.30. The summed E-state index contributed by atoms with van der Waals surface area (Å²) in [5.74, 6) is -0.650. The van der Waals surface area contributed by atoms with Gasteiger partial charge >= 0.3 is 0 Å². The summed E-state index contributed by atoms with van der Waals surface area (Å²) in [4.78, 5) is 16.1. The Morgan fingerprint density at radius 1 is 1.42 bits per heavy atom. The van der Waals surface area contributed by atoms with Gasteiger partial charge in [0.25, 0.3) is 5.91 Å². The van der Waals surface area contributed by atoms with Gasteiger partial charge in [-0.3, -0.25) is 9.48 Å². The van der Waals surface area contributed by atoms with Crippen molar-refractivity contribution in [2.75, 3.05) is 19.3 Å². The van der Waals surface area contributed by atoms with E-state index < -0.39 is 15.7 Å². The third kappa shape index (κ3) is 4.58. The Bertz CT molecular complexity index is 903. The molecule has 3 rings (SSSR count). The van der Waals surface area contributed by atoms with E-state index in [4.69, 9.17) is 10.5 Å². The first-order valence-corrected chi connectivity index (χ1v) is 10.3. The van der Waals surface area contributed by atoms with E-state index in [2.05, 4.69) is 15.4 Å². The number of rotatable bonds is 6. The Balaban J connectivity index is 1.85. The van der Waals surface area contributed by atoms with Gasteiger partial charge in [0, 0.05) is 24.2 Å². The Labute approximate surface area is 151 Å². The molecule has 0 bridgehead atoms. The van der Waals surface area contributed by atoms with E-state index in [1.165, 1.54) is 10.9 Å². The van der Waals surface area contributed by atoms with Gasteiger partial charge in [0.05, 0.1) is 5.69 Å². The van der Waals surface area contributed by atoms with Crippen molar-refractivity contribution < 1.29 is 17.9 Å². The topological polar surface area (TPSA) is 129 Å². The molecule has 1 aliphatic heterocycles. The molecule has 140 valence electrons. The monoisotopic (exact) mass is 379 g/mol. The van der Waals surface area contributed by atoms with E-state index in [1.54, 1.807) is 18.3 Å². The van der Waals surface area contributed by atoms with E-state index in [9.17, 15) is 13.2 Å². The number of ether oxygens (including phenoxy) is 1. The van der Waals surface area contributed by atoms with Crippen LogP contribution in [0.15, 0.2) is 24.5 Å². The zero-order valence-corrected chi connectivity index (χ0v) is 15.2. The highest BCUT2D eigenvalue weighted by molar-refractivity contribution is 7.89. The van der Waals surface area contributed by atoms with Crippen LogP contribution in [0.3, 0.4) is 0 Å². The lowest BCUT2D eigenvalue weighted by Crippen LogP contribution is -2.34. The molecule has 0 saturated carbocycles. The number of carbonyl (C=O) groups excluding carboxylic acids is 1. The standard InChI is InChI=1S/C16H21N5O4S/c1-26(23,24)10-21-7-4-14(20-21)11-8-13(15(17)22)16(19-9-11)25-12-2-5-18-6-3-12/h4,7-9,12,18H,2-3,5-6,10H2,1H3,(H2,17,22). The molecular formula is C16H21N5O4S. The molecule has 26 heavy (non-hydrogen) atoms. The minimum absolute atomic E-state index is 0.0123. The van der Waals surface area contributed by atoms with Crippen LogP contribution in [0.1, 0.15) is 23.2 Å². The molecule has 10 heteroatoms. The molecule has 1 amide bonds. The molecule has 2 aromatic heterocycles. The summed E-state index contributed by atoms with van der Waals surface area (Å²) >= 11 is 0. The van der Waals surface area contributed by atoms with Crippen LogP contribution in [0.2, 0.25) is 0 Å². The van der Waals surface area contributed by atoms with Gasteiger partial charge < -0.3 is 15.8 Å². The van der Waals surface area contributed by atoms with Crippen LogP contribution in [-0.2, 0) is 15.7 Å². The number of primary amides is 1. The molecule has 2 aromatic rings. The van der Waals surface area contributed by atoms with Gasteiger partial charge in [0.2, 0.25) is 5.88 Å². The van der Waals surface area contributed by atoms with Crippen LogP contribution in [0.5, 0.6) is 5.88 Å². The van der Waals surface area contributed by atoms with E-state index in [0.717, 1.165) is 32.2 Å². The van der Waals surface area contributed by atoms with Crippen molar-refractivity contribution in [3.8, 4) is 17.1 Å². The zero-order valence-electron chi connectivity index (χ0n) is 14.4. The minimum atomic E-state index is -3.21. The molecule has 3 N–H and O–H groups in total. The van der Waals surface area contributed by atoms with Gasteiger partial charge in [0.15, 0.2) is 9.84 Å². The molecule has 3 heterocycles. The number of amides is 1. The van der Waals surface area contributed by atoms with Crippen molar-refractivity contribution in [2.45, 2.75) is 24.8 Å². The van der Waals surface area contributed by atoms with E-state index >= 15 is 0 Å². The zero-order chi connectivity index (χ0) is 18.7. The molecule has 0 atom stereocenters. The lowest BCUT2D eigenvalue weighted by molar-refractivity contribution is 0.0986. The number of nitrogens with two attached hydrogens (primary N) is 1. The van der Waals surface area contributed by atoms with Crippen LogP contribution in [0.4, 0.5) is 0 Å². The maximum Gasteiger partial charge on any atom is 0.254 e. The molecule has 1 fully saturated rings. The molecule has 0 unspecified atom stereocenters. The Morgan fingerprint density at radius 3 is 2.81 bits per heavy atom. The second kappa shape index (κ2) is 7.42. The maximum atomic E-state index is 11.8. The predicted molar refractivity (Wildman–Crippen MR) is 95.3 cm³/mol. The molecule has 0 radical (unpaired) electrons. The lowest BCUT2D eigenvalue weighted by Gasteiger charge is -2.24. The summed E-state index contributed by atoms with van der Waals surface area (Å²) in [7, 11) is -3.21. The number of aromatic nitrogens is 3. The summed E-state index contributed by atoms with van der Waals surface area (Å²) < 4.78 is 29.9. The smallest absolute Gasteiger partial charge is 0.254 e. The number of nitrogens with one attached hydrogen (secondary N) is 1. The average molecular weight is 379 g/mol. The molecule has 9 nitrogen and oxygen atoms in total. The van der Waals surface area contributed by atoms with Gasteiger partial charge in [-0.1, -0.05) is 0 Å². The highest BCUT2D eigenvalue weighted by Gasteiger charge is 2.20. The van der Waals surface area contributed by atoms with Crippen molar-refractivity contribution in [1.82, 2.24) is 20.1 Å². The highest BCUT2D eigenvalue weighted by Crippen LogP contribution is 2.25. The average Bonchev–Trinajstić information content (AvgIpc) is 3.02. The first kappa shape index (κ1) is 18.3. The fourth-order valence-corrected chi connectivity index (χ4v) is 3.39. The third-order valence-electron chi connectivity index (χ3n) is 3.98. The number of hydrogen-bond acceptors (Lipinski definition) is 7. The molecule has 0 aliphatic carbocycles. The molecular weight excluding hydrogens is 358 g/mol. The van der Waals surface area contributed by atoms with Crippen molar-refractivity contribution in [3.05, 3.63) is 30.1 Å². The molecule has 0 spiro atoms. The Morgan fingerprint density at radius 2 is 2.15 bits per heavy atom. The summed E-state index contributed by atoms with van der Waals surface area (Å²) in [6.45, 7) is 1.71. The number of pyridine rings is 1. The highest BCUT2D eigenvalue weighted by atomic mass is 32.2. The van der Waals surface area contributed by atoms with Gasteiger partial charge in [-0.05, 0) is 38.1 Å². The van der Waals surface area contributed by atoms with E-state index in [-0.39, 0.29) is 23.4 Å². The Hall–Kier alpha value is -2.46. The number of hydrogen-bond donors (Lipinski definition) is 2. The number of nitrogens with zero attached hydrogens (tertiary/aromatic N) is 3. The van der Waals surface area contributed by atoms with Crippen molar-refractivity contribution in [1.29, 1.82) is 0 Å².